The summed E-state index contributed by atoms with van der Waals surface area (Å²) in [7, 11) is 1.58. The van der Waals surface area contributed by atoms with Crippen molar-refractivity contribution in [2.75, 3.05) is 13.7 Å². The number of carbonyl (C=O) groups excluding carboxylic acids is 1. The minimum absolute atomic E-state index is 0.260. The predicted octanol–water partition coefficient (Wildman–Crippen LogP) is 6.97. The summed E-state index contributed by atoms with van der Waals surface area (Å²) in [6.45, 7) is 8.94. The average Bonchev–Trinajstić information content (AvgIpc) is 3.16. The SMILES string of the molecule is CC=CC(OCCC(C)C)=C(C)c1ccc2oc(-c3ccc(F)cc3)c(C(=O)NC)c2c1. The molecule has 32 heavy (non-hydrogen) atoms. The van der Waals surface area contributed by atoms with Crippen molar-refractivity contribution in [2.24, 2.45) is 5.92 Å². The Morgan fingerprint density at radius 2 is 1.91 bits per heavy atom. The molecule has 2 aromatic carbocycles. The lowest BCUT2D eigenvalue weighted by Crippen LogP contribution is -2.18. The highest BCUT2D eigenvalue weighted by Crippen LogP contribution is 2.36. The van der Waals surface area contributed by atoms with Crippen molar-refractivity contribution in [3.63, 3.8) is 0 Å². The van der Waals surface area contributed by atoms with E-state index >= 15 is 0 Å². The van der Waals surface area contributed by atoms with Crippen molar-refractivity contribution >= 4 is 22.4 Å². The zero-order valence-electron chi connectivity index (χ0n) is 19.3. The summed E-state index contributed by atoms with van der Waals surface area (Å²) in [6.07, 6.45) is 4.88. The maximum absolute atomic E-state index is 13.4. The van der Waals surface area contributed by atoms with Gasteiger partial charge in [0.1, 0.15) is 22.9 Å². The summed E-state index contributed by atoms with van der Waals surface area (Å²) in [5.74, 6) is 1.17. The molecule has 0 saturated heterocycles. The summed E-state index contributed by atoms with van der Waals surface area (Å²) in [5.41, 5.74) is 3.57. The van der Waals surface area contributed by atoms with Gasteiger partial charge in [0.15, 0.2) is 0 Å². The maximum Gasteiger partial charge on any atom is 0.255 e. The highest BCUT2D eigenvalue weighted by Gasteiger charge is 2.22. The third kappa shape index (κ3) is 5.10. The molecule has 4 nitrogen and oxygen atoms in total. The van der Waals surface area contributed by atoms with Crippen LogP contribution < -0.4 is 5.32 Å². The van der Waals surface area contributed by atoms with Gasteiger partial charge in [-0.2, -0.15) is 0 Å². The number of halogens is 1. The van der Waals surface area contributed by atoms with Crippen molar-refractivity contribution in [3.8, 4) is 11.3 Å². The van der Waals surface area contributed by atoms with Crippen LogP contribution in [-0.2, 0) is 4.74 Å². The Hall–Kier alpha value is -3.34. The highest BCUT2D eigenvalue weighted by molar-refractivity contribution is 6.11. The fourth-order valence-corrected chi connectivity index (χ4v) is 3.47. The second-order valence-electron chi connectivity index (χ2n) is 8.12. The van der Waals surface area contributed by atoms with Gasteiger partial charge in [0.25, 0.3) is 5.91 Å². The lowest BCUT2D eigenvalue weighted by atomic mass is 10.00. The molecule has 0 radical (unpaired) electrons. The molecule has 0 spiro atoms. The average molecular weight is 436 g/mol. The smallest absolute Gasteiger partial charge is 0.255 e. The van der Waals surface area contributed by atoms with E-state index in [2.05, 4.69) is 19.2 Å². The summed E-state index contributed by atoms with van der Waals surface area (Å²) in [6, 6.07) is 11.7. The Labute approximate surface area is 188 Å². The Kier molecular flexibility index (Phi) is 7.52. The van der Waals surface area contributed by atoms with Gasteiger partial charge in [0.2, 0.25) is 0 Å². The molecule has 5 heteroatoms. The van der Waals surface area contributed by atoms with Crippen molar-refractivity contribution in [1.82, 2.24) is 5.32 Å². The van der Waals surface area contributed by atoms with Gasteiger partial charge in [-0.05, 0) is 79.8 Å². The van der Waals surface area contributed by atoms with E-state index in [9.17, 15) is 9.18 Å². The van der Waals surface area contributed by atoms with Crippen LogP contribution in [0.4, 0.5) is 4.39 Å². The zero-order valence-corrected chi connectivity index (χ0v) is 19.3. The van der Waals surface area contributed by atoms with Gasteiger partial charge >= 0.3 is 0 Å². The van der Waals surface area contributed by atoms with Crippen LogP contribution in [0.25, 0.3) is 27.9 Å². The number of amides is 1. The number of fused-ring (bicyclic) bond motifs is 1. The van der Waals surface area contributed by atoms with E-state index in [0.29, 0.717) is 40.4 Å². The second-order valence-corrected chi connectivity index (χ2v) is 8.12. The predicted molar refractivity (Wildman–Crippen MR) is 128 cm³/mol. The summed E-state index contributed by atoms with van der Waals surface area (Å²) in [4.78, 5) is 12.8. The zero-order chi connectivity index (χ0) is 23.3. The molecule has 0 aliphatic carbocycles. The molecule has 0 aliphatic heterocycles. The number of benzene rings is 2. The number of furan rings is 1. The van der Waals surface area contributed by atoms with E-state index in [1.54, 1.807) is 19.2 Å². The number of nitrogens with one attached hydrogen (secondary N) is 1. The molecular formula is C27H30FNO3. The van der Waals surface area contributed by atoms with Gasteiger partial charge in [-0.15, -0.1) is 0 Å². The van der Waals surface area contributed by atoms with Crippen molar-refractivity contribution in [1.29, 1.82) is 0 Å². The molecule has 3 rings (SSSR count). The fourth-order valence-electron chi connectivity index (χ4n) is 3.47. The standard InChI is InChI=1S/C27H30FNO3/c1-6-7-23(31-15-14-17(2)3)18(4)20-10-13-24-22(16-20)25(27(30)29-5)26(32-24)19-8-11-21(28)12-9-19/h6-13,16-17H,14-15H2,1-5H3,(H,29,30). The normalized spacial score (nSPS) is 12.5. The van der Waals surface area contributed by atoms with Crippen LogP contribution >= 0.6 is 0 Å². The Bertz CT molecular complexity index is 1150. The first kappa shape index (κ1) is 23.3. The summed E-state index contributed by atoms with van der Waals surface area (Å²) >= 11 is 0. The number of carbonyl (C=O) groups is 1. The van der Waals surface area contributed by atoms with Crippen LogP contribution in [-0.4, -0.2) is 19.6 Å². The number of rotatable bonds is 8. The Morgan fingerprint density at radius 3 is 2.53 bits per heavy atom. The van der Waals surface area contributed by atoms with E-state index in [0.717, 1.165) is 23.3 Å². The van der Waals surface area contributed by atoms with Crippen LogP contribution in [0.5, 0.6) is 0 Å². The van der Waals surface area contributed by atoms with E-state index in [-0.39, 0.29) is 11.7 Å². The molecule has 0 saturated carbocycles. The lowest BCUT2D eigenvalue weighted by Gasteiger charge is -2.13. The number of hydrogen-bond donors (Lipinski definition) is 1. The topological polar surface area (TPSA) is 51.5 Å². The van der Waals surface area contributed by atoms with Gasteiger partial charge in [-0.1, -0.05) is 26.0 Å². The first-order valence-corrected chi connectivity index (χ1v) is 10.9. The molecule has 0 aliphatic rings. The molecule has 0 atom stereocenters. The minimum atomic E-state index is -0.344. The monoisotopic (exact) mass is 435 g/mol. The van der Waals surface area contributed by atoms with Crippen LogP contribution in [0.2, 0.25) is 0 Å². The third-order valence-corrected chi connectivity index (χ3v) is 5.32. The molecule has 0 fully saturated rings. The molecule has 1 amide bonds. The molecule has 0 unspecified atom stereocenters. The van der Waals surface area contributed by atoms with E-state index in [4.69, 9.17) is 9.15 Å². The quantitative estimate of drug-likeness (QED) is 0.307. The molecule has 3 aromatic rings. The summed E-state index contributed by atoms with van der Waals surface area (Å²) < 4.78 is 25.5. The van der Waals surface area contributed by atoms with Gasteiger partial charge in [0.05, 0.1) is 12.2 Å². The summed E-state index contributed by atoms with van der Waals surface area (Å²) in [5, 5.41) is 3.39. The first-order valence-electron chi connectivity index (χ1n) is 10.9. The third-order valence-electron chi connectivity index (χ3n) is 5.32. The molecule has 1 aromatic heterocycles. The Morgan fingerprint density at radius 1 is 1.19 bits per heavy atom. The van der Waals surface area contributed by atoms with Gasteiger partial charge < -0.3 is 14.5 Å². The highest BCUT2D eigenvalue weighted by atomic mass is 19.1. The fraction of sp³-hybridized carbons (Fsp3) is 0.296. The Balaban J connectivity index is 2.12. The van der Waals surface area contributed by atoms with Gasteiger partial charge in [0, 0.05) is 18.0 Å². The second kappa shape index (κ2) is 10.3. The van der Waals surface area contributed by atoms with Crippen molar-refractivity contribution in [2.45, 2.75) is 34.1 Å². The van der Waals surface area contributed by atoms with Crippen molar-refractivity contribution < 1.29 is 18.3 Å². The number of ether oxygens (including phenoxy) is 1. The molecule has 0 bridgehead atoms. The molecule has 1 heterocycles. The van der Waals surface area contributed by atoms with Crippen LogP contribution in [0.15, 0.2) is 64.8 Å². The first-order chi connectivity index (χ1) is 15.3. The van der Waals surface area contributed by atoms with Crippen LogP contribution in [0, 0.1) is 11.7 Å². The van der Waals surface area contributed by atoms with E-state index < -0.39 is 0 Å². The van der Waals surface area contributed by atoms with Crippen LogP contribution in [0.3, 0.4) is 0 Å². The van der Waals surface area contributed by atoms with Crippen molar-refractivity contribution in [3.05, 3.63) is 77.3 Å². The lowest BCUT2D eigenvalue weighted by molar-refractivity contribution is 0.0964. The molecule has 1 N–H and O–H groups in total. The molecular weight excluding hydrogens is 405 g/mol. The number of hydrogen-bond acceptors (Lipinski definition) is 3. The largest absolute Gasteiger partial charge is 0.493 e. The van der Waals surface area contributed by atoms with Crippen LogP contribution in [0.1, 0.15) is 50.0 Å². The maximum atomic E-state index is 13.4. The van der Waals surface area contributed by atoms with Gasteiger partial charge in [-0.25, -0.2) is 4.39 Å². The molecule has 168 valence electrons. The van der Waals surface area contributed by atoms with Gasteiger partial charge in [-0.3, -0.25) is 4.79 Å². The van der Waals surface area contributed by atoms with E-state index in [1.807, 2.05) is 44.2 Å². The minimum Gasteiger partial charge on any atom is -0.493 e. The van der Waals surface area contributed by atoms with E-state index in [1.165, 1.54) is 12.1 Å². The number of allylic oxidation sites excluding steroid dienone is 3.